The van der Waals surface area contributed by atoms with Gasteiger partial charge in [0.1, 0.15) is 0 Å². The first-order valence-electron chi connectivity index (χ1n) is 7.41. The van der Waals surface area contributed by atoms with Gasteiger partial charge in [-0.25, -0.2) is 0 Å². The Morgan fingerprint density at radius 3 is 2.25 bits per heavy atom. The number of pyridine rings is 1. The Labute approximate surface area is 123 Å². The summed E-state index contributed by atoms with van der Waals surface area (Å²) in [6.07, 6.45) is 3.09. The molecule has 2 rings (SSSR count). The van der Waals surface area contributed by atoms with Gasteiger partial charge in [0.05, 0.1) is 5.69 Å². The Morgan fingerprint density at radius 1 is 1.00 bits per heavy atom. The van der Waals surface area contributed by atoms with Gasteiger partial charge >= 0.3 is 0 Å². The van der Waals surface area contributed by atoms with Crippen LogP contribution in [-0.2, 0) is 6.42 Å². The maximum Gasteiger partial charge on any atom is 0.0705 e. The normalized spacial score (nSPS) is 11.9. The van der Waals surface area contributed by atoms with Crippen molar-refractivity contribution in [1.82, 2.24) is 4.98 Å². The molecular weight excluding hydrogens is 242 g/mol. The van der Waals surface area contributed by atoms with Crippen LogP contribution in [0.4, 0.5) is 0 Å². The SMILES string of the molecule is CC(C)c1ccccc1-c1ccc(CC(C)(C)C)cn1. The molecule has 106 valence electrons. The van der Waals surface area contributed by atoms with Gasteiger partial charge in [0.15, 0.2) is 0 Å². The summed E-state index contributed by atoms with van der Waals surface area (Å²) in [5.74, 6) is 0.516. The van der Waals surface area contributed by atoms with Crippen LogP contribution in [-0.4, -0.2) is 4.98 Å². The van der Waals surface area contributed by atoms with Crippen molar-refractivity contribution >= 4 is 0 Å². The zero-order valence-corrected chi connectivity index (χ0v) is 13.3. The smallest absolute Gasteiger partial charge is 0.0705 e. The molecule has 1 heteroatoms. The van der Waals surface area contributed by atoms with Crippen LogP contribution in [0.1, 0.15) is 51.7 Å². The highest BCUT2D eigenvalue weighted by Crippen LogP contribution is 2.28. The van der Waals surface area contributed by atoms with E-state index in [1.807, 2.05) is 6.20 Å². The average Bonchev–Trinajstić information content (AvgIpc) is 2.38. The zero-order chi connectivity index (χ0) is 14.8. The largest absolute Gasteiger partial charge is 0.256 e. The summed E-state index contributed by atoms with van der Waals surface area (Å²) in [6.45, 7) is 11.2. The van der Waals surface area contributed by atoms with Crippen LogP contribution < -0.4 is 0 Å². The number of hydrogen-bond acceptors (Lipinski definition) is 1. The lowest BCUT2D eigenvalue weighted by Crippen LogP contribution is -2.09. The molecule has 0 aliphatic carbocycles. The molecule has 0 aliphatic rings. The van der Waals surface area contributed by atoms with Crippen molar-refractivity contribution in [3.8, 4) is 11.3 Å². The fraction of sp³-hybridized carbons (Fsp3) is 0.421. The summed E-state index contributed by atoms with van der Waals surface area (Å²) in [7, 11) is 0. The predicted molar refractivity (Wildman–Crippen MR) is 86.9 cm³/mol. The topological polar surface area (TPSA) is 12.9 Å². The quantitative estimate of drug-likeness (QED) is 0.719. The lowest BCUT2D eigenvalue weighted by molar-refractivity contribution is 0.411. The third-order valence-corrected chi connectivity index (χ3v) is 3.42. The van der Waals surface area contributed by atoms with Crippen LogP contribution in [0.25, 0.3) is 11.3 Å². The Morgan fingerprint density at radius 2 is 1.70 bits per heavy atom. The molecule has 0 aliphatic heterocycles. The van der Waals surface area contributed by atoms with E-state index in [9.17, 15) is 0 Å². The fourth-order valence-corrected chi connectivity index (χ4v) is 2.53. The minimum absolute atomic E-state index is 0.305. The van der Waals surface area contributed by atoms with Crippen molar-refractivity contribution in [2.45, 2.75) is 47.0 Å². The zero-order valence-electron chi connectivity index (χ0n) is 13.3. The van der Waals surface area contributed by atoms with Gasteiger partial charge in [-0.2, -0.15) is 0 Å². The molecule has 1 heterocycles. The van der Waals surface area contributed by atoms with Crippen LogP contribution in [0.5, 0.6) is 0 Å². The lowest BCUT2D eigenvalue weighted by Gasteiger charge is -2.18. The van der Waals surface area contributed by atoms with E-state index in [4.69, 9.17) is 0 Å². The summed E-state index contributed by atoms with van der Waals surface area (Å²) in [4.78, 5) is 4.68. The summed E-state index contributed by atoms with van der Waals surface area (Å²) in [5, 5.41) is 0. The molecule has 1 aromatic heterocycles. The molecule has 0 N–H and O–H groups in total. The highest BCUT2D eigenvalue weighted by atomic mass is 14.7. The van der Waals surface area contributed by atoms with E-state index in [1.54, 1.807) is 0 Å². The van der Waals surface area contributed by atoms with Gasteiger partial charge in [-0.05, 0) is 34.9 Å². The Balaban J connectivity index is 2.31. The molecule has 0 fully saturated rings. The van der Waals surface area contributed by atoms with E-state index in [2.05, 4.69) is 76.0 Å². The molecule has 0 unspecified atom stereocenters. The second kappa shape index (κ2) is 5.78. The second-order valence-electron chi connectivity index (χ2n) is 7.03. The standard InChI is InChI=1S/C19H25N/c1-14(2)16-8-6-7-9-17(16)18-11-10-15(13-20-18)12-19(3,4)5/h6-11,13-14H,12H2,1-5H3. The molecule has 0 saturated heterocycles. The lowest BCUT2D eigenvalue weighted by atomic mass is 9.88. The van der Waals surface area contributed by atoms with Crippen LogP contribution >= 0.6 is 0 Å². The minimum Gasteiger partial charge on any atom is -0.256 e. The van der Waals surface area contributed by atoms with Gasteiger partial charge in [0.2, 0.25) is 0 Å². The second-order valence-corrected chi connectivity index (χ2v) is 7.03. The van der Waals surface area contributed by atoms with Crippen molar-refractivity contribution in [2.75, 3.05) is 0 Å². The molecule has 0 amide bonds. The van der Waals surface area contributed by atoms with Gasteiger partial charge in [-0.1, -0.05) is 65.0 Å². The van der Waals surface area contributed by atoms with Crippen molar-refractivity contribution in [1.29, 1.82) is 0 Å². The van der Waals surface area contributed by atoms with Crippen LogP contribution in [0, 0.1) is 5.41 Å². The molecule has 20 heavy (non-hydrogen) atoms. The summed E-state index contributed by atoms with van der Waals surface area (Å²) >= 11 is 0. The van der Waals surface area contributed by atoms with Gasteiger partial charge in [0, 0.05) is 11.8 Å². The number of rotatable bonds is 3. The third kappa shape index (κ3) is 3.69. The molecule has 0 radical (unpaired) electrons. The Kier molecular flexibility index (Phi) is 4.27. The summed E-state index contributed by atoms with van der Waals surface area (Å²) in [5.41, 5.74) is 5.31. The van der Waals surface area contributed by atoms with E-state index in [1.165, 1.54) is 16.7 Å². The first kappa shape index (κ1) is 14.8. The molecule has 0 bridgehead atoms. The van der Waals surface area contributed by atoms with E-state index in [0.717, 1.165) is 12.1 Å². The van der Waals surface area contributed by atoms with Crippen molar-refractivity contribution in [3.05, 3.63) is 53.7 Å². The molecule has 0 saturated carbocycles. The maximum absolute atomic E-state index is 4.68. The molecule has 0 atom stereocenters. The van der Waals surface area contributed by atoms with Crippen molar-refractivity contribution < 1.29 is 0 Å². The minimum atomic E-state index is 0.305. The molecular formula is C19H25N. The van der Waals surface area contributed by atoms with Crippen LogP contribution in [0.3, 0.4) is 0 Å². The molecule has 2 aromatic rings. The average molecular weight is 267 g/mol. The first-order valence-corrected chi connectivity index (χ1v) is 7.41. The van der Waals surface area contributed by atoms with E-state index < -0.39 is 0 Å². The third-order valence-electron chi connectivity index (χ3n) is 3.42. The van der Waals surface area contributed by atoms with Gasteiger partial charge in [0.25, 0.3) is 0 Å². The summed E-state index contributed by atoms with van der Waals surface area (Å²) < 4.78 is 0. The molecule has 1 aromatic carbocycles. The number of aromatic nitrogens is 1. The van der Waals surface area contributed by atoms with E-state index >= 15 is 0 Å². The number of nitrogens with zero attached hydrogens (tertiary/aromatic N) is 1. The highest BCUT2D eigenvalue weighted by Gasteiger charge is 2.12. The van der Waals surface area contributed by atoms with Gasteiger partial charge < -0.3 is 0 Å². The molecule has 1 nitrogen and oxygen atoms in total. The van der Waals surface area contributed by atoms with Gasteiger partial charge in [-0.3, -0.25) is 4.98 Å². The van der Waals surface area contributed by atoms with E-state index in [-0.39, 0.29) is 0 Å². The predicted octanol–water partition coefficient (Wildman–Crippen LogP) is 5.46. The van der Waals surface area contributed by atoms with Crippen molar-refractivity contribution in [3.63, 3.8) is 0 Å². The van der Waals surface area contributed by atoms with Crippen LogP contribution in [0.15, 0.2) is 42.6 Å². The van der Waals surface area contributed by atoms with Crippen molar-refractivity contribution in [2.24, 2.45) is 5.41 Å². The summed E-state index contributed by atoms with van der Waals surface area (Å²) in [6, 6.07) is 12.9. The number of benzene rings is 1. The maximum atomic E-state index is 4.68. The fourth-order valence-electron chi connectivity index (χ4n) is 2.53. The van der Waals surface area contributed by atoms with Gasteiger partial charge in [-0.15, -0.1) is 0 Å². The molecule has 0 spiro atoms. The van der Waals surface area contributed by atoms with E-state index in [0.29, 0.717) is 11.3 Å². The Bertz CT molecular complexity index is 559. The Hall–Kier alpha value is -1.63. The first-order chi connectivity index (χ1) is 9.37. The number of hydrogen-bond donors (Lipinski definition) is 0. The van der Waals surface area contributed by atoms with Crippen LogP contribution in [0.2, 0.25) is 0 Å². The highest BCUT2D eigenvalue weighted by molar-refractivity contribution is 5.64. The monoisotopic (exact) mass is 267 g/mol.